The third kappa shape index (κ3) is 4.94. The molecule has 0 radical (unpaired) electrons. The SMILES string of the molecule is Cl.FC(F)CNCC1CC1. The van der Waals surface area contributed by atoms with E-state index < -0.39 is 6.43 Å². The second kappa shape index (κ2) is 4.85. The van der Waals surface area contributed by atoms with Crippen LogP contribution < -0.4 is 5.32 Å². The lowest BCUT2D eigenvalue weighted by atomic mass is 10.4. The molecule has 1 saturated carbocycles. The molecule has 0 amide bonds. The molecule has 0 aromatic rings. The molecule has 0 aromatic heterocycles. The molecule has 1 N–H and O–H groups in total. The zero-order valence-electron chi connectivity index (χ0n) is 5.65. The van der Waals surface area contributed by atoms with Gasteiger partial charge in [0.25, 0.3) is 6.43 Å². The average molecular weight is 172 g/mol. The molecule has 0 saturated heterocycles. The minimum atomic E-state index is -2.19. The molecule has 62 valence electrons. The number of halogens is 3. The first-order chi connectivity index (χ1) is 4.29. The van der Waals surface area contributed by atoms with E-state index in [1.165, 1.54) is 12.8 Å². The number of hydrogen-bond acceptors (Lipinski definition) is 1. The first kappa shape index (κ1) is 10.1. The summed E-state index contributed by atoms with van der Waals surface area (Å²) in [5.41, 5.74) is 0. The van der Waals surface area contributed by atoms with E-state index in [9.17, 15) is 8.78 Å². The molecule has 0 spiro atoms. The van der Waals surface area contributed by atoms with Crippen molar-refractivity contribution in [3.8, 4) is 0 Å². The van der Waals surface area contributed by atoms with Crippen LogP contribution in [-0.2, 0) is 0 Å². The van der Waals surface area contributed by atoms with Gasteiger partial charge in [-0.3, -0.25) is 0 Å². The van der Waals surface area contributed by atoms with Crippen LogP contribution in [0.3, 0.4) is 0 Å². The third-order valence-electron chi connectivity index (χ3n) is 1.43. The van der Waals surface area contributed by atoms with Crippen molar-refractivity contribution in [2.24, 2.45) is 5.92 Å². The standard InChI is InChI=1S/C6H11F2N.ClH/c7-6(8)4-9-3-5-1-2-5;/h5-6,9H,1-4H2;1H. The highest BCUT2D eigenvalue weighted by molar-refractivity contribution is 5.85. The summed E-state index contributed by atoms with van der Waals surface area (Å²) < 4.78 is 22.9. The molecule has 1 fully saturated rings. The van der Waals surface area contributed by atoms with Crippen molar-refractivity contribution in [3.63, 3.8) is 0 Å². The van der Waals surface area contributed by atoms with Gasteiger partial charge < -0.3 is 5.32 Å². The van der Waals surface area contributed by atoms with Gasteiger partial charge in [-0.05, 0) is 25.3 Å². The normalized spacial score (nSPS) is 17.1. The van der Waals surface area contributed by atoms with Gasteiger partial charge in [0.05, 0.1) is 6.54 Å². The Balaban J connectivity index is 0.000000810. The number of nitrogens with one attached hydrogen (secondary N) is 1. The van der Waals surface area contributed by atoms with Gasteiger partial charge in [-0.1, -0.05) is 0 Å². The van der Waals surface area contributed by atoms with E-state index >= 15 is 0 Å². The Morgan fingerprint density at radius 3 is 2.40 bits per heavy atom. The summed E-state index contributed by atoms with van der Waals surface area (Å²) >= 11 is 0. The first-order valence-corrected chi connectivity index (χ1v) is 3.28. The molecule has 1 rings (SSSR count). The van der Waals surface area contributed by atoms with Crippen molar-refractivity contribution in [1.82, 2.24) is 5.32 Å². The van der Waals surface area contributed by atoms with Gasteiger partial charge in [0.2, 0.25) is 0 Å². The van der Waals surface area contributed by atoms with Gasteiger partial charge in [0, 0.05) is 0 Å². The summed E-state index contributed by atoms with van der Waals surface area (Å²) in [4.78, 5) is 0. The van der Waals surface area contributed by atoms with Gasteiger partial charge in [0.1, 0.15) is 0 Å². The van der Waals surface area contributed by atoms with E-state index in [1.54, 1.807) is 0 Å². The summed E-state index contributed by atoms with van der Waals surface area (Å²) in [5.74, 6) is 0.698. The molecule has 4 heteroatoms. The fraction of sp³-hybridized carbons (Fsp3) is 1.00. The van der Waals surface area contributed by atoms with Crippen molar-refractivity contribution in [2.75, 3.05) is 13.1 Å². The third-order valence-corrected chi connectivity index (χ3v) is 1.43. The maximum Gasteiger partial charge on any atom is 0.250 e. The zero-order chi connectivity index (χ0) is 6.69. The largest absolute Gasteiger partial charge is 0.311 e. The zero-order valence-corrected chi connectivity index (χ0v) is 6.46. The summed E-state index contributed by atoms with van der Waals surface area (Å²) in [7, 11) is 0. The lowest BCUT2D eigenvalue weighted by Crippen LogP contribution is -2.23. The second-order valence-corrected chi connectivity index (χ2v) is 2.49. The fourth-order valence-electron chi connectivity index (χ4n) is 0.719. The molecule has 0 unspecified atom stereocenters. The second-order valence-electron chi connectivity index (χ2n) is 2.49. The van der Waals surface area contributed by atoms with Crippen molar-refractivity contribution in [2.45, 2.75) is 19.3 Å². The van der Waals surface area contributed by atoms with Gasteiger partial charge >= 0.3 is 0 Å². The Labute approximate surface area is 65.6 Å². The highest BCUT2D eigenvalue weighted by atomic mass is 35.5. The molecule has 0 bridgehead atoms. The van der Waals surface area contributed by atoms with Crippen LogP contribution in [0.2, 0.25) is 0 Å². The topological polar surface area (TPSA) is 12.0 Å². The van der Waals surface area contributed by atoms with Crippen LogP contribution in [-0.4, -0.2) is 19.5 Å². The summed E-state index contributed by atoms with van der Waals surface area (Å²) in [6.45, 7) is 0.640. The van der Waals surface area contributed by atoms with Crippen molar-refractivity contribution in [3.05, 3.63) is 0 Å². The summed E-state index contributed by atoms with van der Waals surface area (Å²) in [6, 6.07) is 0. The van der Waals surface area contributed by atoms with Gasteiger partial charge in [-0.2, -0.15) is 0 Å². The summed E-state index contributed by atoms with van der Waals surface area (Å²) in [5, 5.41) is 2.70. The molecular formula is C6H12ClF2N. The van der Waals surface area contributed by atoms with E-state index in [2.05, 4.69) is 5.32 Å². The molecule has 0 aliphatic heterocycles. The van der Waals surface area contributed by atoms with Gasteiger partial charge in [0.15, 0.2) is 0 Å². The van der Waals surface area contributed by atoms with Crippen LogP contribution >= 0.6 is 12.4 Å². The maximum absolute atomic E-state index is 11.4. The monoisotopic (exact) mass is 171 g/mol. The first-order valence-electron chi connectivity index (χ1n) is 3.28. The smallest absolute Gasteiger partial charge is 0.250 e. The van der Waals surface area contributed by atoms with Crippen LogP contribution in [0.15, 0.2) is 0 Å². The highest BCUT2D eigenvalue weighted by Gasteiger charge is 2.20. The number of alkyl halides is 2. The highest BCUT2D eigenvalue weighted by Crippen LogP contribution is 2.27. The molecule has 0 aromatic carbocycles. The van der Waals surface area contributed by atoms with E-state index in [-0.39, 0.29) is 19.0 Å². The Morgan fingerprint density at radius 2 is 2.00 bits per heavy atom. The molecule has 1 nitrogen and oxygen atoms in total. The minimum Gasteiger partial charge on any atom is -0.311 e. The van der Waals surface area contributed by atoms with Gasteiger partial charge in [-0.15, -0.1) is 12.4 Å². The number of rotatable bonds is 4. The summed E-state index contributed by atoms with van der Waals surface area (Å²) in [6.07, 6.45) is 0.246. The molecule has 1 aliphatic rings. The Morgan fingerprint density at radius 1 is 1.40 bits per heavy atom. The minimum absolute atomic E-state index is 0. The quantitative estimate of drug-likeness (QED) is 0.679. The van der Waals surface area contributed by atoms with Crippen LogP contribution in [0.25, 0.3) is 0 Å². The Bertz CT molecular complexity index is 83.8. The lowest BCUT2D eigenvalue weighted by molar-refractivity contribution is 0.145. The molecular weight excluding hydrogens is 160 g/mol. The van der Waals surface area contributed by atoms with Gasteiger partial charge in [-0.25, -0.2) is 8.78 Å². The molecule has 1 aliphatic carbocycles. The van der Waals surface area contributed by atoms with Crippen molar-refractivity contribution >= 4 is 12.4 Å². The van der Waals surface area contributed by atoms with Crippen molar-refractivity contribution < 1.29 is 8.78 Å². The lowest BCUT2D eigenvalue weighted by Gasteiger charge is -1.99. The predicted octanol–water partition coefficient (Wildman–Crippen LogP) is 1.67. The van der Waals surface area contributed by atoms with Crippen LogP contribution in [0.5, 0.6) is 0 Å². The van der Waals surface area contributed by atoms with Crippen LogP contribution in [0.1, 0.15) is 12.8 Å². The Kier molecular flexibility index (Phi) is 4.91. The predicted molar refractivity (Wildman–Crippen MR) is 38.8 cm³/mol. The van der Waals surface area contributed by atoms with E-state index in [4.69, 9.17) is 0 Å². The van der Waals surface area contributed by atoms with E-state index in [1.807, 2.05) is 0 Å². The number of hydrogen-bond donors (Lipinski definition) is 1. The van der Waals surface area contributed by atoms with E-state index in [0.717, 1.165) is 6.54 Å². The van der Waals surface area contributed by atoms with Crippen molar-refractivity contribution in [1.29, 1.82) is 0 Å². The van der Waals surface area contributed by atoms with Crippen LogP contribution in [0, 0.1) is 5.92 Å². The van der Waals surface area contributed by atoms with E-state index in [0.29, 0.717) is 5.92 Å². The Hall–Kier alpha value is 0.110. The average Bonchev–Trinajstić information content (AvgIpc) is 2.48. The van der Waals surface area contributed by atoms with Crippen LogP contribution in [0.4, 0.5) is 8.78 Å². The molecule has 10 heavy (non-hydrogen) atoms. The molecule has 0 atom stereocenters. The maximum atomic E-state index is 11.4. The molecule has 0 heterocycles. The fourth-order valence-corrected chi connectivity index (χ4v) is 0.719.